The number of hydrogen-bond donors (Lipinski definition) is 2. The maximum absolute atomic E-state index is 11.3. The minimum atomic E-state index is -0.344. The lowest BCUT2D eigenvalue weighted by atomic mass is 9.93. The van der Waals surface area contributed by atoms with Crippen molar-refractivity contribution in [2.45, 2.75) is 25.2 Å². The minimum Gasteiger partial charge on any atom is -0.372 e. The van der Waals surface area contributed by atoms with E-state index in [9.17, 15) is 4.79 Å². The molecule has 144 valence electrons. The van der Waals surface area contributed by atoms with Crippen molar-refractivity contribution in [2.24, 2.45) is 11.7 Å². The van der Waals surface area contributed by atoms with E-state index >= 15 is 0 Å². The van der Waals surface area contributed by atoms with Crippen LogP contribution in [0.2, 0.25) is 5.02 Å². The SMILES string of the molecule is CC(CSc1cc(-c2c(Cl)cc3c4c(cccc24)COC3)nc(N)n1)C(N)=O. The molecule has 1 atom stereocenters. The van der Waals surface area contributed by atoms with Crippen LogP contribution in [0.3, 0.4) is 0 Å². The average Bonchev–Trinajstić information content (AvgIpc) is 2.66. The molecule has 0 saturated carbocycles. The van der Waals surface area contributed by atoms with E-state index in [1.54, 1.807) is 6.92 Å². The molecule has 0 radical (unpaired) electrons. The van der Waals surface area contributed by atoms with Crippen molar-refractivity contribution in [3.05, 3.63) is 46.5 Å². The zero-order valence-electron chi connectivity index (χ0n) is 15.2. The molecule has 1 aliphatic rings. The first-order valence-electron chi connectivity index (χ1n) is 8.82. The molecule has 6 nitrogen and oxygen atoms in total. The smallest absolute Gasteiger partial charge is 0.221 e. The van der Waals surface area contributed by atoms with Gasteiger partial charge < -0.3 is 16.2 Å². The Morgan fingerprint density at radius 1 is 1.29 bits per heavy atom. The second-order valence-corrected chi connectivity index (χ2v) is 8.24. The van der Waals surface area contributed by atoms with Crippen LogP contribution >= 0.6 is 23.4 Å². The van der Waals surface area contributed by atoms with Gasteiger partial charge in [-0.2, -0.15) is 0 Å². The molecule has 2 aromatic carbocycles. The number of primary amides is 1. The van der Waals surface area contributed by atoms with Crippen molar-refractivity contribution in [2.75, 3.05) is 11.5 Å². The summed E-state index contributed by atoms with van der Waals surface area (Å²) >= 11 is 8.07. The molecule has 0 fully saturated rings. The fraction of sp³-hybridized carbons (Fsp3) is 0.250. The summed E-state index contributed by atoms with van der Waals surface area (Å²) in [5.74, 6) is 0.0593. The Morgan fingerprint density at radius 3 is 2.86 bits per heavy atom. The molecule has 1 unspecified atom stereocenters. The van der Waals surface area contributed by atoms with Crippen LogP contribution in [0.5, 0.6) is 0 Å². The van der Waals surface area contributed by atoms with Gasteiger partial charge in [-0.25, -0.2) is 9.97 Å². The normalized spacial score (nSPS) is 14.2. The summed E-state index contributed by atoms with van der Waals surface area (Å²) in [6.45, 7) is 2.89. The van der Waals surface area contributed by atoms with Crippen LogP contribution in [-0.2, 0) is 22.7 Å². The van der Waals surface area contributed by atoms with Gasteiger partial charge in [0, 0.05) is 17.2 Å². The molecule has 0 saturated heterocycles. The highest BCUT2D eigenvalue weighted by Gasteiger charge is 2.20. The number of benzene rings is 2. The molecular formula is C20H19ClN4O2S. The van der Waals surface area contributed by atoms with Gasteiger partial charge in [0.2, 0.25) is 11.9 Å². The number of thioether (sulfide) groups is 1. The third-order valence-corrected chi connectivity index (χ3v) is 6.21. The van der Waals surface area contributed by atoms with Gasteiger partial charge in [-0.3, -0.25) is 4.79 Å². The summed E-state index contributed by atoms with van der Waals surface area (Å²) in [5, 5.41) is 3.44. The summed E-state index contributed by atoms with van der Waals surface area (Å²) in [7, 11) is 0. The first kappa shape index (κ1) is 19.0. The molecule has 1 amide bonds. The van der Waals surface area contributed by atoms with E-state index in [-0.39, 0.29) is 17.8 Å². The Hall–Kier alpha value is -2.35. The predicted molar refractivity (Wildman–Crippen MR) is 112 cm³/mol. The highest BCUT2D eigenvalue weighted by molar-refractivity contribution is 7.99. The Bertz CT molecular complexity index is 1090. The number of nitrogen functional groups attached to an aromatic ring is 1. The van der Waals surface area contributed by atoms with Crippen LogP contribution in [0.1, 0.15) is 18.1 Å². The summed E-state index contributed by atoms with van der Waals surface area (Å²) < 4.78 is 5.65. The van der Waals surface area contributed by atoms with Gasteiger partial charge in [-0.05, 0) is 34.0 Å². The molecule has 1 aromatic heterocycles. The minimum absolute atomic E-state index is 0.159. The molecule has 0 aliphatic carbocycles. The van der Waals surface area contributed by atoms with E-state index in [4.69, 9.17) is 27.8 Å². The Morgan fingerprint density at radius 2 is 2.07 bits per heavy atom. The number of carbonyl (C=O) groups excluding carboxylic acids is 1. The number of ether oxygens (including phenoxy) is 1. The zero-order valence-corrected chi connectivity index (χ0v) is 16.8. The van der Waals surface area contributed by atoms with Crippen LogP contribution in [-0.4, -0.2) is 21.6 Å². The number of aromatic nitrogens is 2. The van der Waals surface area contributed by atoms with Crippen LogP contribution in [0.4, 0.5) is 5.95 Å². The van der Waals surface area contributed by atoms with E-state index in [2.05, 4.69) is 16.0 Å². The Labute approximate surface area is 171 Å². The highest BCUT2D eigenvalue weighted by atomic mass is 35.5. The number of hydrogen-bond acceptors (Lipinski definition) is 6. The van der Waals surface area contributed by atoms with Crippen LogP contribution in [0.25, 0.3) is 22.0 Å². The highest BCUT2D eigenvalue weighted by Crippen LogP contribution is 2.40. The standard InChI is InChI=1S/C20H19ClN4O2S/c1-10(19(22)26)9-28-16-6-15(24-20(23)25-16)18-13-4-2-3-11-7-27-8-12(17(11)13)5-14(18)21/h2-6,10H,7-9H2,1H3,(H2,22,26)(H2,23,24,25). The molecule has 28 heavy (non-hydrogen) atoms. The van der Waals surface area contributed by atoms with E-state index in [0.717, 1.165) is 27.5 Å². The van der Waals surface area contributed by atoms with Crippen molar-refractivity contribution in [1.29, 1.82) is 0 Å². The molecule has 2 heterocycles. The maximum Gasteiger partial charge on any atom is 0.221 e. The lowest BCUT2D eigenvalue weighted by molar-refractivity contribution is -0.120. The summed E-state index contributed by atoms with van der Waals surface area (Å²) in [5.41, 5.74) is 15.0. The number of halogens is 1. The first-order chi connectivity index (χ1) is 13.4. The van der Waals surface area contributed by atoms with Crippen molar-refractivity contribution in [3.63, 3.8) is 0 Å². The number of nitrogens with two attached hydrogens (primary N) is 2. The molecule has 4 rings (SSSR count). The van der Waals surface area contributed by atoms with Gasteiger partial charge in [0.05, 0.1) is 23.9 Å². The van der Waals surface area contributed by atoms with Gasteiger partial charge in [0.25, 0.3) is 0 Å². The Balaban J connectivity index is 1.82. The van der Waals surface area contributed by atoms with Gasteiger partial charge in [0.15, 0.2) is 0 Å². The topological polar surface area (TPSA) is 104 Å². The van der Waals surface area contributed by atoms with Gasteiger partial charge in [-0.15, -0.1) is 11.8 Å². The second-order valence-electron chi connectivity index (χ2n) is 6.79. The quantitative estimate of drug-likeness (QED) is 0.486. The monoisotopic (exact) mass is 414 g/mol. The van der Waals surface area contributed by atoms with E-state index in [0.29, 0.717) is 34.7 Å². The van der Waals surface area contributed by atoms with Crippen LogP contribution < -0.4 is 11.5 Å². The number of carbonyl (C=O) groups is 1. The first-order valence-corrected chi connectivity index (χ1v) is 10.2. The molecule has 0 bridgehead atoms. The van der Waals surface area contributed by atoms with Crippen molar-refractivity contribution >= 4 is 46.0 Å². The molecule has 4 N–H and O–H groups in total. The fourth-order valence-electron chi connectivity index (χ4n) is 3.32. The maximum atomic E-state index is 11.3. The van der Waals surface area contributed by atoms with Crippen LogP contribution in [0.15, 0.2) is 35.4 Å². The number of nitrogens with zero attached hydrogens (tertiary/aromatic N) is 2. The predicted octanol–water partition coefficient (Wildman–Crippen LogP) is 3.78. The van der Waals surface area contributed by atoms with Crippen molar-refractivity contribution < 1.29 is 9.53 Å². The third kappa shape index (κ3) is 3.53. The lowest BCUT2D eigenvalue weighted by Crippen LogP contribution is -2.22. The molecular weight excluding hydrogens is 396 g/mol. The molecule has 8 heteroatoms. The van der Waals surface area contributed by atoms with E-state index in [1.165, 1.54) is 11.8 Å². The zero-order chi connectivity index (χ0) is 19.8. The lowest BCUT2D eigenvalue weighted by Gasteiger charge is -2.20. The Kier molecular flexibility index (Phi) is 5.14. The van der Waals surface area contributed by atoms with E-state index < -0.39 is 0 Å². The molecule has 3 aromatic rings. The van der Waals surface area contributed by atoms with E-state index in [1.807, 2.05) is 24.3 Å². The van der Waals surface area contributed by atoms with Crippen molar-refractivity contribution in [3.8, 4) is 11.3 Å². The summed E-state index contributed by atoms with van der Waals surface area (Å²) in [4.78, 5) is 20.0. The van der Waals surface area contributed by atoms with Gasteiger partial charge in [0.1, 0.15) is 5.03 Å². The number of amides is 1. The van der Waals surface area contributed by atoms with Gasteiger partial charge in [-0.1, -0.05) is 36.7 Å². The van der Waals surface area contributed by atoms with Gasteiger partial charge >= 0.3 is 0 Å². The van der Waals surface area contributed by atoms with Crippen LogP contribution in [0, 0.1) is 5.92 Å². The fourth-order valence-corrected chi connectivity index (χ4v) is 4.58. The summed E-state index contributed by atoms with van der Waals surface area (Å²) in [6, 6.07) is 9.87. The average molecular weight is 415 g/mol. The van der Waals surface area contributed by atoms with Crippen molar-refractivity contribution in [1.82, 2.24) is 9.97 Å². The largest absolute Gasteiger partial charge is 0.372 e. The number of rotatable bonds is 5. The second kappa shape index (κ2) is 7.58. The summed E-state index contributed by atoms with van der Waals surface area (Å²) in [6.07, 6.45) is 0. The third-order valence-electron chi connectivity index (χ3n) is 4.74. The molecule has 1 aliphatic heterocycles. The number of anilines is 1. The molecule has 0 spiro atoms.